The van der Waals surface area contributed by atoms with Gasteiger partial charge in [0.25, 0.3) is 0 Å². The number of nitrogens with one attached hydrogen (secondary N) is 2. The maximum Gasteiger partial charge on any atom is 0.127 e. The number of piperazine rings is 1. The van der Waals surface area contributed by atoms with Gasteiger partial charge in [0.15, 0.2) is 0 Å². The first-order valence-electron chi connectivity index (χ1n) is 8.10. The average Bonchev–Trinajstić information content (AvgIpc) is 2.57. The first kappa shape index (κ1) is 14.3. The lowest BCUT2D eigenvalue weighted by molar-refractivity contribution is -1.03. The lowest BCUT2D eigenvalue weighted by Crippen LogP contribution is -3.27. The fourth-order valence-corrected chi connectivity index (χ4v) is 3.40. The van der Waals surface area contributed by atoms with Gasteiger partial charge in [-0.1, -0.05) is 60.7 Å². The van der Waals surface area contributed by atoms with E-state index in [0.717, 1.165) is 0 Å². The van der Waals surface area contributed by atoms with E-state index < -0.39 is 0 Å². The summed E-state index contributed by atoms with van der Waals surface area (Å²) in [5.41, 5.74) is 2.94. The smallest absolute Gasteiger partial charge is 0.127 e. The molecule has 1 saturated heterocycles. The Bertz CT molecular complexity index is 530. The van der Waals surface area contributed by atoms with Crippen LogP contribution in [0.3, 0.4) is 0 Å². The van der Waals surface area contributed by atoms with Crippen molar-refractivity contribution >= 4 is 0 Å². The molecule has 1 heterocycles. The van der Waals surface area contributed by atoms with Gasteiger partial charge in [-0.3, -0.25) is 0 Å². The van der Waals surface area contributed by atoms with Crippen molar-refractivity contribution < 1.29 is 9.80 Å². The van der Waals surface area contributed by atoms with E-state index in [9.17, 15) is 0 Å². The molecular weight excluding hydrogens is 256 g/mol. The van der Waals surface area contributed by atoms with Crippen LogP contribution >= 0.6 is 0 Å². The molecule has 0 aliphatic carbocycles. The molecule has 2 heteroatoms. The zero-order chi connectivity index (χ0) is 14.5. The summed E-state index contributed by atoms with van der Waals surface area (Å²) < 4.78 is 0. The second-order valence-electron chi connectivity index (χ2n) is 6.20. The summed E-state index contributed by atoms with van der Waals surface area (Å²) in [4.78, 5) is 3.46. The van der Waals surface area contributed by atoms with E-state index in [1.165, 1.54) is 43.9 Å². The van der Waals surface area contributed by atoms with Crippen LogP contribution in [-0.4, -0.2) is 26.2 Å². The molecule has 21 heavy (non-hydrogen) atoms. The van der Waals surface area contributed by atoms with Crippen molar-refractivity contribution in [2.45, 2.75) is 19.5 Å². The Hall–Kier alpha value is -1.64. The highest BCUT2D eigenvalue weighted by atomic mass is 15.3. The largest absolute Gasteiger partial charge is 0.322 e. The molecule has 0 radical (unpaired) electrons. The predicted octanol–water partition coefficient (Wildman–Crippen LogP) is 0.731. The van der Waals surface area contributed by atoms with Gasteiger partial charge in [-0.05, 0) is 6.92 Å². The van der Waals surface area contributed by atoms with Crippen LogP contribution in [0.4, 0.5) is 0 Å². The van der Waals surface area contributed by atoms with Crippen LogP contribution in [0.2, 0.25) is 0 Å². The van der Waals surface area contributed by atoms with Crippen molar-refractivity contribution in [3.8, 4) is 0 Å². The number of rotatable bonds is 4. The van der Waals surface area contributed by atoms with Crippen molar-refractivity contribution in [2.24, 2.45) is 0 Å². The Morgan fingerprint density at radius 2 is 1.38 bits per heavy atom. The van der Waals surface area contributed by atoms with Crippen molar-refractivity contribution in [1.82, 2.24) is 0 Å². The van der Waals surface area contributed by atoms with Crippen molar-refractivity contribution in [2.75, 3.05) is 26.2 Å². The van der Waals surface area contributed by atoms with Gasteiger partial charge >= 0.3 is 0 Å². The van der Waals surface area contributed by atoms with Gasteiger partial charge < -0.3 is 9.80 Å². The molecule has 0 amide bonds. The van der Waals surface area contributed by atoms with Gasteiger partial charge in [0.1, 0.15) is 38.8 Å². The van der Waals surface area contributed by atoms with Crippen LogP contribution in [0, 0.1) is 0 Å². The summed E-state index contributed by atoms with van der Waals surface area (Å²) in [6.07, 6.45) is 0. The summed E-state index contributed by atoms with van der Waals surface area (Å²) in [5, 5.41) is 0. The van der Waals surface area contributed by atoms with Crippen LogP contribution < -0.4 is 9.80 Å². The molecule has 1 fully saturated rings. The zero-order valence-electron chi connectivity index (χ0n) is 12.9. The molecule has 2 aromatic rings. The lowest BCUT2D eigenvalue weighted by Gasteiger charge is -2.33. The fraction of sp³-hybridized carbons (Fsp3) is 0.368. The molecule has 2 N–H and O–H groups in total. The minimum atomic E-state index is 0.615. The van der Waals surface area contributed by atoms with E-state index in [0.29, 0.717) is 6.04 Å². The van der Waals surface area contributed by atoms with Gasteiger partial charge in [-0.15, -0.1) is 0 Å². The molecule has 0 unspecified atom stereocenters. The van der Waals surface area contributed by atoms with E-state index in [-0.39, 0.29) is 0 Å². The summed E-state index contributed by atoms with van der Waals surface area (Å²) in [7, 11) is 0. The Morgan fingerprint density at radius 1 is 0.810 bits per heavy atom. The molecular formula is C19H26N2+2. The van der Waals surface area contributed by atoms with E-state index in [1.54, 1.807) is 9.80 Å². The molecule has 1 aliphatic rings. The first-order valence-corrected chi connectivity index (χ1v) is 8.10. The number of benzene rings is 2. The summed E-state index contributed by atoms with van der Waals surface area (Å²) in [6, 6.07) is 22.4. The van der Waals surface area contributed by atoms with Crippen LogP contribution in [0.5, 0.6) is 0 Å². The number of quaternary nitrogens is 2. The third kappa shape index (κ3) is 3.72. The molecule has 0 saturated carbocycles. The van der Waals surface area contributed by atoms with Gasteiger partial charge in [0.2, 0.25) is 0 Å². The second kappa shape index (κ2) is 6.88. The molecule has 2 aromatic carbocycles. The van der Waals surface area contributed by atoms with E-state index in [4.69, 9.17) is 0 Å². The molecule has 1 aliphatic heterocycles. The first-order chi connectivity index (χ1) is 10.3. The maximum atomic E-state index is 2.37. The molecule has 0 aromatic heterocycles. The maximum absolute atomic E-state index is 2.37. The number of hydrogen-bond acceptors (Lipinski definition) is 0. The van der Waals surface area contributed by atoms with E-state index >= 15 is 0 Å². The lowest BCUT2D eigenvalue weighted by atomic mass is 10.1. The Morgan fingerprint density at radius 3 is 2.00 bits per heavy atom. The highest BCUT2D eigenvalue weighted by Crippen LogP contribution is 2.07. The Labute approximate surface area is 128 Å². The average molecular weight is 282 g/mol. The third-order valence-electron chi connectivity index (χ3n) is 4.81. The van der Waals surface area contributed by atoms with Crippen LogP contribution in [-0.2, 0) is 6.54 Å². The predicted molar refractivity (Wildman–Crippen MR) is 86.4 cm³/mol. The van der Waals surface area contributed by atoms with Gasteiger partial charge in [-0.25, -0.2) is 0 Å². The Kier molecular flexibility index (Phi) is 4.69. The van der Waals surface area contributed by atoms with Crippen molar-refractivity contribution in [1.29, 1.82) is 0 Å². The van der Waals surface area contributed by atoms with Gasteiger partial charge in [0.05, 0.1) is 0 Å². The fourth-order valence-electron chi connectivity index (χ4n) is 3.40. The SMILES string of the molecule is C[C@H](c1ccccc1)[NH+]1CC[NH+](Cc2ccccc2)CC1. The van der Waals surface area contributed by atoms with Crippen molar-refractivity contribution in [3.63, 3.8) is 0 Å². The minimum absolute atomic E-state index is 0.615. The third-order valence-corrected chi connectivity index (χ3v) is 4.81. The number of hydrogen-bond donors (Lipinski definition) is 2. The molecule has 0 bridgehead atoms. The van der Waals surface area contributed by atoms with Gasteiger partial charge in [0, 0.05) is 11.1 Å². The highest BCUT2D eigenvalue weighted by Gasteiger charge is 2.27. The molecule has 0 spiro atoms. The zero-order valence-corrected chi connectivity index (χ0v) is 12.9. The Balaban J connectivity index is 1.53. The van der Waals surface area contributed by atoms with Crippen LogP contribution in [0.1, 0.15) is 24.1 Å². The van der Waals surface area contributed by atoms with Crippen molar-refractivity contribution in [3.05, 3.63) is 71.8 Å². The standard InChI is InChI=1S/C19H24N2/c1-17(19-10-6-3-7-11-19)21-14-12-20(13-15-21)16-18-8-4-2-5-9-18/h2-11,17H,12-16H2,1H3/p+2/t17-/m1/s1. The topological polar surface area (TPSA) is 8.88 Å². The molecule has 3 rings (SSSR count). The van der Waals surface area contributed by atoms with E-state index in [1.807, 2.05) is 0 Å². The highest BCUT2D eigenvalue weighted by molar-refractivity contribution is 5.16. The molecule has 110 valence electrons. The molecule has 1 atom stereocenters. The molecule has 2 nitrogen and oxygen atoms in total. The minimum Gasteiger partial charge on any atom is -0.322 e. The summed E-state index contributed by atoms with van der Waals surface area (Å²) >= 11 is 0. The van der Waals surface area contributed by atoms with E-state index in [2.05, 4.69) is 67.6 Å². The van der Waals surface area contributed by atoms with Gasteiger partial charge in [-0.2, -0.15) is 0 Å². The summed E-state index contributed by atoms with van der Waals surface area (Å²) in [5.74, 6) is 0. The summed E-state index contributed by atoms with van der Waals surface area (Å²) in [6.45, 7) is 8.65. The van der Waals surface area contributed by atoms with Crippen LogP contribution in [0.25, 0.3) is 0 Å². The quantitative estimate of drug-likeness (QED) is 0.818. The normalized spacial score (nSPS) is 23.7. The van der Waals surface area contributed by atoms with Crippen LogP contribution in [0.15, 0.2) is 60.7 Å². The second-order valence-corrected chi connectivity index (χ2v) is 6.20. The monoisotopic (exact) mass is 282 g/mol.